The first-order valence-corrected chi connectivity index (χ1v) is 8.67. The Kier molecular flexibility index (Phi) is 4.71. The fraction of sp³-hybridized carbons (Fsp3) is 0.800. The third-order valence-corrected chi connectivity index (χ3v) is 5.32. The van der Waals surface area contributed by atoms with Gasteiger partial charge in [-0.1, -0.05) is 13.8 Å². The molecule has 0 aromatic carbocycles. The predicted molar refractivity (Wildman–Crippen MR) is 82.2 cm³/mol. The SMILES string of the molecule is CCc1nc(C2CN(CC)CCO2)sc1CNC1CC1. The summed E-state index contributed by atoms with van der Waals surface area (Å²) in [6, 6.07) is 0.756. The van der Waals surface area contributed by atoms with E-state index in [0.717, 1.165) is 45.2 Å². The largest absolute Gasteiger partial charge is 0.368 e. The molecule has 0 radical (unpaired) electrons. The molecular weight excluding hydrogens is 270 g/mol. The lowest BCUT2D eigenvalue weighted by Crippen LogP contribution is -2.38. The van der Waals surface area contributed by atoms with E-state index in [9.17, 15) is 0 Å². The highest BCUT2D eigenvalue weighted by Crippen LogP contribution is 2.30. The van der Waals surface area contributed by atoms with Crippen molar-refractivity contribution in [1.82, 2.24) is 15.2 Å². The molecule has 0 spiro atoms. The molecule has 1 aliphatic heterocycles. The zero-order chi connectivity index (χ0) is 13.9. The maximum atomic E-state index is 5.93. The molecule has 1 aromatic rings. The highest BCUT2D eigenvalue weighted by atomic mass is 32.1. The van der Waals surface area contributed by atoms with Crippen LogP contribution in [0.2, 0.25) is 0 Å². The Bertz CT molecular complexity index is 444. The molecule has 3 rings (SSSR count). The van der Waals surface area contributed by atoms with E-state index >= 15 is 0 Å². The van der Waals surface area contributed by atoms with E-state index in [1.54, 1.807) is 0 Å². The van der Waals surface area contributed by atoms with Gasteiger partial charge in [0.25, 0.3) is 0 Å². The summed E-state index contributed by atoms with van der Waals surface area (Å²) in [5.74, 6) is 0. The molecule has 1 aromatic heterocycles. The van der Waals surface area contributed by atoms with Crippen LogP contribution in [-0.4, -0.2) is 42.2 Å². The predicted octanol–water partition coefficient (Wildman–Crippen LogP) is 2.35. The van der Waals surface area contributed by atoms with Crippen LogP contribution in [0.4, 0.5) is 0 Å². The smallest absolute Gasteiger partial charge is 0.123 e. The topological polar surface area (TPSA) is 37.4 Å². The van der Waals surface area contributed by atoms with Crippen LogP contribution in [0.1, 0.15) is 48.4 Å². The highest BCUT2D eigenvalue weighted by Gasteiger charge is 2.26. The van der Waals surface area contributed by atoms with E-state index in [1.807, 2.05) is 11.3 Å². The number of rotatable bonds is 6. The van der Waals surface area contributed by atoms with Crippen molar-refractivity contribution in [3.05, 3.63) is 15.6 Å². The average molecular weight is 295 g/mol. The minimum Gasteiger partial charge on any atom is -0.368 e. The van der Waals surface area contributed by atoms with E-state index in [2.05, 4.69) is 24.1 Å². The molecule has 1 unspecified atom stereocenters. The van der Waals surface area contributed by atoms with Crippen molar-refractivity contribution in [2.45, 2.75) is 51.8 Å². The normalized spacial score (nSPS) is 24.2. The Labute approximate surface area is 125 Å². The van der Waals surface area contributed by atoms with Crippen LogP contribution in [0.5, 0.6) is 0 Å². The van der Waals surface area contributed by atoms with Crippen molar-refractivity contribution in [2.24, 2.45) is 0 Å². The third kappa shape index (κ3) is 3.39. The van der Waals surface area contributed by atoms with Gasteiger partial charge in [0, 0.05) is 30.6 Å². The zero-order valence-corrected chi connectivity index (χ0v) is 13.3. The molecular formula is C15H25N3OS. The van der Waals surface area contributed by atoms with Gasteiger partial charge >= 0.3 is 0 Å². The second-order valence-corrected chi connectivity index (χ2v) is 6.80. The quantitative estimate of drug-likeness (QED) is 0.874. The molecule has 1 N–H and O–H groups in total. The zero-order valence-electron chi connectivity index (χ0n) is 12.5. The lowest BCUT2D eigenvalue weighted by Gasteiger charge is -2.30. The molecule has 2 aliphatic rings. The number of likely N-dealkylation sites (N-methyl/N-ethyl adjacent to an activating group) is 1. The minimum atomic E-state index is 0.175. The lowest BCUT2D eigenvalue weighted by molar-refractivity contribution is -0.0283. The van der Waals surface area contributed by atoms with Gasteiger partial charge in [0.1, 0.15) is 11.1 Å². The number of aryl methyl sites for hydroxylation is 1. The van der Waals surface area contributed by atoms with Crippen LogP contribution in [0, 0.1) is 0 Å². The number of hydrogen-bond acceptors (Lipinski definition) is 5. The van der Waals surface area contributed by atoms with Crippen molar-refractivity contribution in [1.29, 1.82) is 0 Å². The van der Waals surface area contributed by atoms with Crippen molar-refractivity contribution >= 4 is 11.3 Å². The minimum absolute atomic E-state index is 0.175. The van der Waals surface area contributed by atoms with E-state index in [1.165, 1.54) is 28.4 Å². The van der Waals surface area contributed by atoms with Gasteiger partial charge in [0.15, 0.2) is 0 Å². The third-order valence-electron chi connectivity index (χ3n) is 4.13. The van der Waals surface area contributed by atoms with Crippen LogP contribution in [0.15, 0.2) is 0 Å². The van der Waals surface area contributed by atoms with Gasteiger partial charge in [-0.15, -0.1) is 11.3 Å². The molecule has 1 atom stereocenters. The Morgan fingerprint density at radius 3 is 2.95 bits per heavy atom. The van der Waals surface area contributed by atoms with Gasteiger partial charge in [-0.2, -0.15) is 0 Å². The summed E-state index contributed by atoms with van der Waals surface area (Å²) in [4.78, 5) is 8.70. The van der Waals surface area contributed by atoms with E-state index in [-0.39, 0.29) is 6.10 Å². The van der Waals surface area contributed by atoms with Crippen molar-refractivity contribution in [3.8, 4) is 0 Å². The number of hydrogen-bond donors (Lipinski definition) is 1. The van der Waals surface area contributed by atoms with Gasteiger partial charge in [0.05, 0.1) is 12.3 Å². The van der Waals surface area contributed by atoms with Gasteiger partial charge in [-0.05, 0) is 25.8 Å². The van der Waals surface area contributed by atoms with Crippen molar-refractivity contribution < 1.29 is 4.74 Å². The highest BCUT2D eigenvalue weighted by molar-refractivity contribution is 7.11. The Morgan fingerprint density at radius 2 is 2.25 bits per heavy atom. The number of nitrogens with zero attached hydrogens (tertiary/aromatic N) is 2. The summed E-state index contributed by atoms with van der Waals surface area (Å²) in [5, 5.41) is 4.78. The Hall–Kier alpha value is -0.490. The standard InChI is InChI=1S/C15H25N3OS/c1-3-12-14(9-16-11-5-6-11)20-15(17-12)13-10-18(4-2)7-8-19-13/h11,13,16H,3-10H2,1-2H3. The average Bonchev–Trinajstić information content (AvgIpc) is 3.23. The van der Waals surface area contributed by atoms with Crippen molar-refractivity contribution in [3.63, 3.8) is 0 Å². The molecule has 20 heavy (non-hydrogen) atoms. The summed E-state index contributed by atoms with van der Waals surface area (Å²) in [6.45, 7) is 9.36. The number of nitrogens with one attached hydrogen (secondary N) is 1. The molecule has 2 fully saturated rings. The Balaban J connectivity index is 1.68. The number of thiazole rings is 1. The molecule has 5 heteroatoms. The molecule has 0 amide bonds. The first-order chi connectivity index (χ1) is 9.80. The summed E-state index contributed by atoms with van der Waals surface area (Å²) in [5.41, 5.74) is 1.26. The number of ether oxygens (including phenoxy) is 1. The van der Waals surface area contributed by atoms with Crippen LogP contribution >= 0.6 is 11.3 Å². The first kappa shape index (κ1) is 14.4. The number of morpholine rings is 1. The molecule has 2 heterocycles. The molecule has 1 saturated heterocycles. The van der Waals surface area contributed by atoms with E-state index in [4.69, 9.17) is 9.72 Å². The monoisotopic (exact) mass is 295 g/mol. The first-order valence-electron chi connectivity index (χ1n) is 7.86. The summed E-state index contributed by atoms with van der Waals surface area (Å²) in [6.07, 6.45) is 3.87. The summed E-state index contributed by atoms with van der Waals surface area (Å²) >= 11 is 1.85. The van der Waals surface area contributed by atoms with Crippen LogP contribution in [0.3, 0.4) is 0 Å². The fourth-order valence-corrected chi connectivity index (χ4v) is 3.76. The van der Waals surface area contributed by atoms with Crippen LogP contribution in [0.25, 0.3) is 0 Å². The second kappa shape index (κ2) is 6.52. The van der Waals surface area contributed by atoms with Crippen molar-refractivity contribution in [2.75, 3.05) is 26.2 Å². The van der Waals surface area contributed by atoms with E-state index in [0.29, 0.717) is 0 Å². The Morgan fingerprint density at radius 1 is 1.40 bits per heavy atom. The van der Waals surface area contributed by atoms with Crippen LogP contribution in [-0.2, 0) is 17.7 Å². The van der Waals surface area contributed by atoms with Gasteiger partial charge in [-0.3, -0.25) is 4.90 Å². The van der Waals surface area contributed by atoms with Crippen LogP contribution < -0.4 is 5.32 Å². The molecule has 0 bridgehead atoms. The maximum Gasteiger partial charge on any atom is 0.123 e. The van der Waals surface area contributed by atoms with Gasteiger partial charge < -0.3 is 10.1 Å². The fourth-order valence-electron chi connectivity index (χ4n) is 2.62. The molecule has 4 nitrogen and oxygen atoms in total. The molecule has 1 saturated carbocycles. The summed E-state index contributed by atoms with van der Waals surface area (Å²) in [7, 11) is 0. The van der Waals surface area contributed by atoms with E-state index < -0.39 is 0 Å². The maximum absolute atomic E-state index is 5.93. The second-order valence-electron chi connectivity index (χ2n) is 5.68. The lowest BCUT2D eigenvalue weighted by atomic mass is 10.2. The molecule has 112 valence electrons. The van der Waals surface area contributed by atoms with Gasteiger partial charge in [0.2, 0.25) is 0 Å². The molecule has 1 aliphatic carbocycles. The number of aromatic nitrogens is 1. The summed E-state index contributed by atoms with van der Waals surface area (Å²) < 4.78 is 5.93. The van der Waals surface area contributed by atoms with Gasteiger partial charge in [-0.25, -0.2) is 4.98 Å².